The fourth-order valence-electron chi connectivity index (χ4n) is 2.18. The summed E-state index contributed by atoms with van der Waals surface area (Å²) in [5, 5.41) is 9.72. The molecule has 0 unspecified atom stereocenters. The summed E-state index contributed by atoms with van der Waals surface area (Å²) >= 11 is 0. The second-order valence-electron chi connectivity index (χ2n) is 5.35. The lowest BCUT2D eigenvalue weighted by Crippen LogP contribution is -2.34. The second-order valence-corrected chi connectivity index (χ2v) is 5.35. The van der Waals surface area contributed by atoms with E-state index < -0.39 is 0 Å². The van der Waals surface area contributed by atoms with E-state index in [1.54, 1.807) is 29.5 Å². The van der Waals surface area contributed by atoms with Gasteiger partial charge in [-0.3, -0.25) is 14.6 Å². The Kier molecular flexibility index (Phi) is 4.81. The highest BCUT2D eigenvalue weighted by molar-refractivity contribution is 5.73. The summed E-state index contributed by atoms with van der Waals surface area (Å²) in [6.45, 7) is 0.858. The van der Waals surface area contributed by atoms with Crippen LogP contribution in [-0.2, 0) is 20.1 Å². The Labute approximate surface area is 139 Å². The molecule has 24 heavy (non-hydrogen) atoms. The maximum atomic E-state index is 11.8. The molecule has 122 valence electrons. The third-order valence-electron chi connectivity index (χ3n) is 3.45. The molecule has 3 aromatic heterocycles. The van der Waals surface area contributed by atoms with Crippen LogP contribution < -0.4 is 10.6 Å². The van der Waals surface area contributed by atoms with E-state index in [-0.39, 0.29) is 6.03 Å². The molecule has 0 aliphatic carbocycles. The minimum absolute atomic E-state index is 0.227. The lowest BCUT2D eigenvalue weighted by atomic mass is 10.2. The highest BCUT2D eigenvalue weighted by Crippen LogP contribution is 2.15. The lowest BCUT2D eigenvalue weighted by Gasteiger charge is -2.08. The summed E-state index contributed by atoms with van der Waals surface area (Å²) in [6, 6.07) is 7.38. The average Bonchev–Trinajstić information content (AvgIpc) is 3.06. The van der Waals surface area contributed by atoms with Crippen LogP contribution in [0, 0.1) is 0 Å². The fourth-order valence-corrected chi connectivity index (χ4v) is 2.18. The molecular weight excluding hydrogens is 304 g/mol. The van der Waals surface area contributed by atoms with Crippen LogP contribution in [-0.4, -0.2) is 25.8 Å². The molecule has 0 radical (unpaired) electrons. The number of rotatable bonds is 5. The topological polar surface area (TPSA) is 84.7 Å². The molecule has 0 atom stereocenters. The Balaban J connectivity index is 1.48. The van der Waals surface area contributed by atoms with E-state index in [2.05, 4.69) is 25.7 Å². The van der Waals surface area contributed by atoms with Crippen molar-refractivity contribution >= 4 is 6.03 Å². The molecule has 0 aliphatic rings. The lowest BCUT2D eigenvalue weighted by molar-refractivity contribution is 0.240. The number of hydrogen-bond acceptors (Lipinski definition) is 4. The van der Waals surface area contributed by atoms with Crippen LogP contribution in [0.25, 0.3) is 11.3 Å². The largest absolute Gasteiger partial charge is 0.334 e. The average molecular weight is 322 g/mol. The van der Waals surface area contributed by atoms with Gasteiger partial charge in [0.15, 0.2) is 0 Å². The molecule has 0 saturated heterocycles. The summed E-state index contributed by atoms with van der Waals surface area (Å²) < 4.78 is 1.74. The number of hydrogen-bond donors (Lipinski definition) is 2. The van der Waals surface area contributed by atoms with Crippen LogP contribution >= 0.6 is 0 Å². The van der Waals surface area contributed by atoms with Gasteiger partial charge < -0.3 is 10.6 Å². The van der Waals surface area contributed by atoms with Gasteiger partial charge in [-0.25, -0.2) is 4.79 Å². The van der Waals surface area contributed by atoms with Crippen molar-refractivity contribution in [3.63, 3.8) is 0 Å². The standard InChI is InChI=1S/C17H18N6O/c1-23-12-15(11-22-23)16-5-4-14(8-19-16)10-21-17(24)20-9-13-3-2-6-18-7-13/h2-8,11-12H,9-10H2,1H3,(H2,20,21,24). The molecule has 3 rings (SSSR count). The van der Waals surface area contributed by atoms with Crippen LogP contribution in [0.3, 0.4) is 0 Å². The van der Waals surface area contributed by atoms with E-state index in [4.69, 9.17) is 0 Å². The van der Waals surface area contributed by atoms with Gasteiger partial charge in [0.2, 0.25) is 0 Å². The predicted molar refractivity (Wildman–Crippen MR) is 89.8 cm³/mol. The number of aryl methyl sites for hydroxylation is 1. The van der Waals surface area contributed by atoms with Gasteiger partial charge >= 0.3 is 6.03 Å². The first kappa shape index (κ1) is 15.7. The molecule has 2 amide bonds. The molecule has 0 aromatic carbocycles. The molecule has 0 spiro atoms. The van der Waals surface area contributed by atoms with Crippen LogP contribution in [0.5, 0.6) is 0 Å². The van der Waals surface area contributed by atoms with Crippen LogP contribution in [0.15, 0.2) is 55.2 Å². The Morgan fingerprint density at radius 1 is 1.08 bits per heavy atom. The van der Waals surface area contributed by atoms with Crippen molar-refractivity contribution in [1.29, 1.82) is 0 Å². The summed E-state index contributed by atoms with van der Waals surface area (Å²) in [5.74, 6) is 0. The van der Waals surface area contributed by atoms with E-state index in [1.807, 2.05) is 37.5 Å². The van der Waals surface area contributed by atoms with E-state index in [9.17, 15) is 4.79 Å². The molecule has 3 aromatic rings. The highest BCUT2D eigenvalue weighted by Gasteiger charge is 2.04. The van der Waals surface area contributed by atoms with Crippen molar-refractivity contribution in [2.75, 3.05) is 0 Å². The van der Waals surface area contributed by atoms with Gasteiger partial charge in [-0.2, -0.15) is 5.10 Å². The quantitative estimate of drug-likeness (QED) is 0.751. The number of nitrogens with zero attached hydrogens (tertiary/aromatic N) is 4. The molecule has 2 N–H and O–H groups in total. The summed E-state index contributed by atoms with van der Waals surface area (Å²) in [5.41, 5.74) is 3.70. The van der Waals surface area contributed by atoms with Crippen LogP contribution in [0.2, 0.25) is 0 Å². The summed E-state index contributed by atoms with van der Waals surface area (Å²) in [4.78, 5) is 20.2. The Morgan fingerprint density at radius 2 is 1.88 bits per heavy atom. The van der Waals surface area contributed by atoms with Gasteiger partial charge in [0, 0.05) is 50.5 Å². The van der Waals surface area contributed by atoms with Crippen molar-refractivity contribution in [1.82, 2.24) is 30.4 Å². The zero-order valence-corrected chi connectivity index (χ0v) is 13.3. The van der Waals surface area contributed by atoms with Crippen LogP contribution in [0.4, 0.5) is 4.79 Å². The molecule has 7 heteroatoms. The van der Waals surface area contributed by atoms with Crippen molar-refractivity contribution in [2.45, 2.75) is 13.1 Å². The zero-order chi connectivity index (χ0) is 16.8. The molecular formula is C17H18N6O. The van der Waals surface area contributed by atoms with Gasteiger partial charge in [-0.1, -0.05) is 12.1 Å². The Hall–Kier alpha value is -3.22. The number of urea groups is 1. The SMILES string of the molecule is Cn1cc(-c2ccc(CNC(=O)NCc3cccnc3)cn2)cn1. The fraction of sp³-hybridized carbons (Fsp3) is 0.176. The number of aromatic nitrogens is 4. The van der Waals surface area contributed by atoms with E-state index >= 15 is 0 Å². The monoisotopic (exact) mass is 322 g/mol. The first-order chi connectivity index (χ1) is 11.7. The Morgan fingerprint density at radius 3 is 2.46 bits per heavy atom. The first-order valence-electron chi connectivity index (χ1n) is 7.55. The third-order valence-corrected chi connectivity index (χ3v) is 3.45. The van der Waals surface area contributed by atoms with Crippen molar-refractivity contribution < 1.29 is 4.79 Å². The van der Waals surface area contributed by atoms with Crippen molar-refractivity contribution in [2.24, 2.45) is 7.05 Å². The number of carbonyl (C=O) groups excluding carboxylic acids is 1. The predicted octanol–water partition coefficient (Wildman–Crippen LogP) is 1.88. The maximum Gasteiger partial charge on any atom is 0.315 e. The Bertz CT molecular complexity index is 797. The second kappa shape index (κ2) is 7.36. The minimum Gasteiger partial charge on any atom is -0.334 e. The van der Waals surface area contributed by atoms with Crippen molar-refractivity contribution in [3.8, 4) is 11.3 Å². The molecule has 0 saturated carbocycles. The number of carbonyl (C=O) groups is 1. The highest BCUT2D eigenvalue weighted by atomic mass is 16.2. The smallest absolute Gasteiger partial charge is 0.315 e. The number of amides is 2. The minimum atomic E-state index is -0.227. The number of nitrogens with one attached hydrogen (secondary N) is 2. The number of pyridine rings is 2. The third kappa shape index (κ3) is 4.16. The first-order valence-corrected chi connectivity index (χ1v) is 7.55. The van der Waals surface area contributed by atoms with Gasteiger partial charge in [0.25, 0.3) is 0 Å². The van der Waals surface area contributed by atoms with Gasteiger partial charge in [0.1, 0.15) is 0 Å². The van der Waals surface area contributed by atoms with Gasteiger partial charge in [-0.15, -0.1) is 0 Å². The zero-order valence-electron chi connectivity index (χ0n) is 13.3. The van der Waals surface area contributed by atoms with Crippen molar-refractivity contribution in [3.05, 3.63) is 66.4 Å². The maximum absolute atomic E-state index is 11.8. The molecule has 7 nitrogen and oxygen atoms in total. The van der Waals surface area contributed by atoms with E-state index in [0.29, 0.717) is 13.1 Å². The summed E-state index contributed by atoms with van der Waals surface area (Å²) in [6.07, 6.45) is 8.86. The van der Waals surface area contributed by atoms with Crippen LogP contribution in [0.1, 0.15) is 11.1 Å². The van der Waals surface area contributed by atoms with E-state index in [1.165, 1.54) is 0 Å². The molecule has 0 aliphatic heterocycles. The molecule has 3 heterocycles. The normalized spacial score (nSPS) is 10.4. The van der Waals surface area contributed by atoms with E-state index in [0.717, 1.165) is 22.4 Å². The van der Waals surface area contributed by atoms with Gasteiger partial charge in [0.05, 0.1) is 11.9 Å². The van der Waals surface area contributed by atoms with Gasteiger partial charge in [-0.05, 0) is 23.3 Å². The molecule has 0 fully saturated rings. The summed E-state index contributed by atoms with van der Waals surface area (Å²) in [7, 11) is 1.87. The molecule has 0 bridgehead atoms.